The highest BCUT2D eigenvalue weighted by Gasteiger charge is 2.31. The van der Waals surface area contributed by atoms with E-state index in [2.05, 4.69) is 5.16 Å². The fourth-order valence-corrected chi connectivity index (χ4v) is 1.61. The Morgan fingerprint density at radius 1 is 1.16 bits per heavy atom. The fraction of sp³-hybridized carbons (Fsp3) is 0.250. The van der Waals surface area contributed by atoms with Gasteiger partial charge in [-0.15, -0.1) is 0 Å². The van der Waals surface area contributed by atoms with Crippen LogP contribution >= 0.6 is 0 Å². The number of hydrogen-bond donors (Lipinski definition) is 1. The number of nitrogens with zero attached hydrogens (tertiary/aromatic N) is 1. The number of halogens is 4. The standard InChI is InChI=1S/C12H10F4N2O/c13-9-4-7(3-8(5-9)12(14,15)16)11-6-10(1-2-17)19-18-11/h3-6H,1-2,17H2. The SMILES string of the molecule is NCCc1cc(-c2cc(F)cc(C(F)(F)F)c2)no1. The lowest BCUT2D eigenvalue weighted by Crippen LogP contribution is -2.05. The monoisotopic (exact) mass is 274 g/mol. The highest BCUT2D eigenvalue weighted by Crippen LogP contribution is 2.33. The number of nitrogens with two attached hydrogens (primary N) is 1. The molecular weight excluding hydrogens is 264 g/mol. The van der Waals surface area contributed by atoms with Gasteiger partial charge in [0.2, 0.25) is 0 Å². The molecule has 0 saturated carbocycles. The van der Waals surface area contributed by atoms with Gasteiger partial charge in [-0.3, -0.25) is 0 Å². The van der Waals surface area contributed by atoms with Crippen molar-refractivity contribution in [1.29, 1.82) is 0 Å². The van der Waals surface area contributed by atoms with E-state index in [1.165, 1.54) is 6.07 Å². The van der Waals surface area contributed by atoms with Gasteiger partial charge in [0.05, 0.1) is 5.56 Å². The van der Waals surface area contributed by atoms with E-state index in [0.29, 0.717) is 24.8 Å². The van der Waals surface area contributed by atoms with E-state index < -0.39 is 17.6 Å². The molecule has 0 saturated heterocycles. The fourth-order valence-electron chi connectivity index (χ4n) is 1.61. The number of rotatable bonds is 3. The summed E-state index contributed by atoms with van der Waals surface area (Å²) in [6.07, 6.45) is -4.20. The van der Waals surface area contributed by atoms with Gasteiger partial charge in [-0.25, -0.2) is 4.39 Å². The Bertz CT molecular complexity index is 577. The van der Waals surface area contributed by atoms with Gasteiger partial charge in [0.25, 0.3) is 0 Å². The van der Waals surface area contributed by atoms with Crippen LogP contribution in [0, 0.1) is 5.82 Å². The first-order valence-electron chi connectivity index (χ1n) is 5.44. The molecule has 1 heterocycles. The largest absolute Gasteiger partial charge is 0.416 e. The van der Waals surface area contributed by atoms with Crippen LogP contribution in [0.5, 0.6) is 0 Å². The van der Waals surface area contributed by atoms with Crippen molar-refractivity contribution in [2.45, 2.75) is 12.6 Å². The Hall–Kier alpha value is -1.89. The molecule has 0 unspecified atom stereocenters. The van der Waals surface area contributed by atoms with Crippen LogP contribution in [-0.4, -0.2) is 11.7 Å². The predicted molar refractivity (Wildman–Crippen MR) is 59.7 cm³/mol. The zero-order chi connectivity index (χ0) is 14.0. The van der Waals surface area contributed by atoms with E-state index in [9.17, 15) is 17.6 Å². The van der Waals surface area contributed by atoms with E-state index in [1.54, 1.807) is 0 Å². The average molecular weight is 274 g/mol. The summed E-state index contributed by atoms with van der Waals surface area (Å²) < 4.78 is 55.8. The lowest BCUT2D eigenvalue weighted by Gasteiger charge is -2.07. The van der Waals surface area contributed by atoms with Crippen LogP contribution < -0.4 is 5.73 Å². The molecule has 1 aromatic carbocycles. The van der Waals surface area contributed by atoms with E-state index in [4.69, 9.17) is 10.3 Å². The molecule has 3 nitrogen and oxygen atoms in total. The molecule has 102 valence electrons. The topological polar surface area (TPSA) is 52.0 Å². The van der Waals surface area contributed by atoms with Crippen molar-refractivity contribution >= 4 is 0 Å². The summed E-state index contributed by atoms with van der Waals surface area (Å²) in [4.78, 5) is 0. The lowest BCUT2D eigenvalue weighted by molar-refractivity contribution is -0.137. The van der Waals surface area contributed by atoms with Crippen LogP contribution in [0.3, 0.4) is 0 Å². The van der Waals surface area contributed by atoms with Gasteiger partial charge in [-0.05, 0) is 24.7 Å². The van der Waals surface area contributed by atoms with E-state index in [-0.39, 0.29) is 11.3 Å². The van der Waals surface area contributed by atoms with Crippen molar-refractivity contribution in [2.75, 3.05) is 6.54 Å². The van der Waals surface area contributed by atoms with E-state index >= 15 is 0 Å². The number of alkyl halides is 3. The minimum absolute atomic E-state index is 0.0133. The molecule has 2 rings (SSSR count). The summed E-state index contributed by atoms with van der Waals surface area (Å²) in [6.45, 7) is 0.325. The molecule has 2 N–H and O–H groups in total. The second kappa shape index (κ2) is 5.00. The van der Waals surface area contributed by atoms with Crippen molar-refractivity contribution in [3.63, 3.8) is 0 Å². The zero-order valence-electron chi connectivity index (χ0n) is 9.67. The number of hydrogen-bond acceptors (Lipinski definition) is 3. The first-order valence-corrected chi connectivity index (χ1v) is 5.44. The van der Waals surface area contributed by atoms with Crippen molar-refractivity contribution in [2.24, 2.45) is 5.73 Å². The van der Waals surface area contributed by atoms with Gasteiger partial charge in [0.1, 0.15) is 17.3 Å². The summed E-state index contributed by atoms with van der Waals surface area (Å²) in [7, 11) is 0. The van der Waals surface area contributed by atoms with Crippen molar-refractivity contribution < 1.29 is 22.1 Å². The highest BCUT2D eigenvalue weighted by atomic mass is 19.4. The molecule has 19 heavy (non-hydrogen) atoms. The average Bonchev–Trinajstić information content (AvgIpc) is 2.76. The number of aromatic nitrogens is 1. The first-order chi connectivity index (χ1) is 8.90. The minimum Gasteiger partial charge on any atom is -0.361 e. The maximum atomic E-state index is 13.2. The molecule has 0 aliphatic rings. The molecule has 1 aromatic heterocycles. The molecule has 2 aromatic rings. The molecule has 0 atom stereocenters. The molecule has 0 fully saturated rings. The van der Waals surface area contributed by atoms with E-state index in [1.807, 2.05) is 0 Å². The molecule has 0 aliphatic heterocycles. The Labute approximate surface area is 106 Å². The van der Waals surface area contributed by atoms with Gasteiger partial charge in [-0.1, -0.05) is 5.16 Å². The second-order valence-electron chi connectivity index (χ2n) is 3.94. The van der Waals surface area contributed by atoms with E-state index in [0.717, 1.165) is 12.1 Å². The summed E-state index contributed by atoms with van der Waals surface area (Å²) in [5, 5.41) is 3.60. The molecule has 0 amide bonds. The van der Waals surface area contributed by atoms with Crippen LogP contribution in [-0.2, 0) is 12.6 Å². The molecule has 0 bridgehead atoms. The molecular formula is C12H10F4N2O. The Kier molecular flexibility index (Phi) is 3.57. The van der Waals surface area contributed by atoms with Gasteiger partial charge < -0.3 is 10.3 Å². The van der Waals surface area contributed by atoms with Crippen LogP contribution in [0.4, 0.5) is 17.6 Å². The van der Waals surface area contributed by atoms with Crippen LogP contribution in [0.2, 0.25) is 0 Å². The van der Waals surface area contributed by atoms with Crippen LogP contribution in [0.15, 0.2) is 28.8 Å². The predicted octanol–water partition coefficient (Wildman–Crippen LogP) is 3.00. The zero-order valence-corrected chi connectivity index (χ0v) is 9.67. The van der Waals surface area contributed by atoms with Gasteiger partial charge in [0, 0.05) is 18.1 Å². The molecule has 0 aliphatic carbocycles. The normalized spacial score (nSPS) is 11.8. The molecule has 0 radical (unpaired) electrons. The Morgan fingerprint density at radius 2 is 1.89 bits per heavy atom. The summed E-state index contributed by atoms with van der Waals surface area (Å²) in [5.41, 5.74) is 4.41. The van der Waals surface area contributed by atoms with Gasteiger partial charge in [-0.2, -0.15) is 13.2 Å². The van der Waals surface area contributed by atoms with Crippen LogP contribution in [0.1, 0.15) is 11.3 Å². The quantitative estimate of drug-likeness (QED) is 0.875. The summed E-state index contributed by atoms with van der Waals surface area (Å²) in [6, 6.07) is 3.68. The lowest BCUT2D eigenvalue weighted by atomic mass is 10.1. The third kappa shape index (κ3) is 3.11. The minimum atomic E-state index is -4.61. The highest BCUT2D eigenvalue weighted by molar-refractivity contribution is 5.60. The first kappa shape index (κ1) is 13.5. The van der Waals surface area contributed by atoms with Crippen molar-refractivity contribution in [3.05, 3.63) is 41.4 Å². The summed E-state index contributed by atoms with van der Waals surface area (Å²) in [5.74, 6) is -0.538. The van der Waals surface area contributed by atoms with Crippen molar-refractivity contribution in [1.82, 2.24) is 5.16 Å². The smallest absolute Gasteiger partial charge is 0.361 e. The third-order valence-corrected chi connectivity index (χ3v) is 2.47. The maximum absolute atomic E-state index is 13.2. The molecule has 7 heteroatoms. The number of benzene rings is 1. The maximum Gasteiger partial charge on any atom is 0.416 e. The molecule has 0 spiro atoms. The van der Waals surface area contributed by atoms with Gasteiger partial charge in [0.15, 0.2) is 0 Å². The Balaban J connectivity index is 2.41. The second-order valence-corrected chi connectivity index (χ2v) is 3.94. The van der Waals surface area contributed by atoms with Crippen LogP contribution in [0.25, 0.3) is 11.3 Å². The third-order valence-electron chi connectivity index (χ3n) is 2.47. The summed E-state index contributed by atoms with van der Waals surface area (Å²) >= 11 is 0. The Morgan fingerprint density at radius 3 is 2.53 bits per heavy atom. The van der Waals surface area contributed by atoms with Crippen molar-refractivity contribution in [3.8, 4) is 11.3 Å². The van der Waals surface area contributed by atoms with Gasteiger partial charge >= 0.3 is 6.18 Å².